The molecule has 1 atom stereocenters. The Morgan fingerprint density at radius 3 is 2.67 bits per heavy atom. The molecule has 114 valence electrons. The number of nitrogens with one attached hydrogen (secondary N) is 2. The van der Waals surface area contributed by atoms with Crippen LogP contribution in [0.3, 0.4) is 0 Å². The van der Waals surface area contributed by atoms with Gasteiger partial charge in [-0.2, -0.15) is 4.72 Å². The monoisotopic (exact) mass is 314 g/mol. The molecular weight excluding hydrogens is 299 g/mol. The van der Waals surface area contributed by atoms with Crippen molar-refractivity contribution in [1.29, 1.82) is 0 Å². The highest BCUT2D eigenvalue weighted by molar-refractivity contribution is 7.89. The van der Waals surface area contributed by atoms with Crippen molar-refractivity contribution in [3.8, 4) is 11.8 Å². The molecule has 6 nitrogen and oxygen atoms in total. The van der Waals surface area contributed by atoms with Gasteiger partial charge in [0, 0.05) is 7.05 Å². The number of hydrogen-bond acceptors (Lipinski definition) is 4. The summed E-state index contributed by atoms with van der Waals surface area (Å²) in [6.45, 7) is 0.943. The minimum Gasteiger partial charge on any atom is -0.384 e. The highest BCUT2D eigenvalue weighted by atomic mass is 32.2. The molecule has 0 bridgehead atoms. The topological polar surface area (TPSA) is 95.5 Å². The molecule has 0 aromatic heterocycles. The number of aliphatic hydroxyl groups is 1. The molecule has 0 aliphatic heterocycles. The number of amides is 1. The third-order valence-electron chi connectivity index (χ3n) is 2.52. The molecule has 1 amide bonds. The number of halogens is 1. The molecule has 8 heteroatoms. The Balaban J connectivity index is 3.05. The van der Waals surface area contributed by atoms with Crippen LogP contribution >= 0.6 is 0 Å². The van der Waals surface area contributed by atoms with E-state index in [0.717, 1.165) is 6.07 Å². The second kappa shape index (κ2) is 7.17. The SMILES string of the molecule is CNC(=O)C(C)NS(=O)(=O)c1ccc(C#CCO)c(F)c1. The number of carbonyl (C=O) groups is 1. The van der Waals surface area contributed by atoms with Crippen molar-refractivity contribution in [2.75, 3.05) is 13.7 Å². The lowest BCUT2D eigenvalue weighted by molar-refractivity contribution is -0.121. The summed E-state index contributed by atoms with van der Waals surface area (Å²) >= 11 is 0. The van der Waals surface area contributed by atoms with Crippen LogP contribution in [0.5, 0.6) is 0 Å². The molecule has 1 aromatic rings. The first kappa shape index (κ1) is 17.1. The molecule has 21 heavy (non-hydrogen) atoms. The van der Waals surface area contributed by atoms with E-state index in [4.69, 9.17) is 5.11 Å². The van der Waals surface area contributed by atoms with E-state index in [2.05, 4.69) is 21.9 Å². The first-order valence-electron chi connectivity index (χ1n) is 5.95. The second-order valence-electron chi connectivity index (χ2n) is 4.06. The summed E-state index contributed by atoms with van der Waals surface area (Å²) in [5.74, 6) is 3.28. The highest BCUT2D eigenvalue weighted by Gasteiger charge is 2.22. The van der Waals surface area contributed by atoms with Gasteiger partial charge in [-0.15, -0.1) is 0 Å². The van der Waals surface area contributed by atoms with Crippen LogP contribution in [-0.2, 0) is 14.8 Å². The fourth-order valence-corrected chi connectivity index (χ4v) is 2.68. The van der Waals surface area contributed by atoms with Gasteiger partial charge in [0.05, 0.1) is 16.5 Å². The lowest BCUT2D eigenvalue weighted by Gasteiger charge is -2.13. The summed E-state index contributed by atoms with van der Waals surface area (Å²) in [4.78, 5) is 11.0. The Kier molecular flexibility index (Phi) is 5.84. The zero-order valence-electron chi connectivity index (χ0n) is 11.5. The third-order valence-corrected chi connectivity index (χ3v) is 4.06. The summed E-state index contributed by atoms with van der Waals surface area (Å²) in [5.41, 5.74) is -0.0256. The largest absolute Gasteiger partial charge is 0.384 e. The Morgan fingerprint density at radius 1 is 1.48 bits per heavy atom. The fourth-order valence-electron chi connectivity index (χ4n) is 1.47. The highest BCUT2D eigenvalue weighted by Crippen LogP contribution is 2.14. The number of likely N-dealkylation sites (N-methyl/N-ethyl adjacent to an activating group) is 1. The molecule has 0 saturated heterocycles. The van der Waals surface area contributed by atoms with Crippen LogP contribution in [0, 0.1) is 17.7 Å². The molecule has 3 N–H and O–H groups in total. The first-order valence-corrected chi connectivity index (χ1v) is 7.43. The number of aliphatic hydroxyl groups excluding tert-OH is 1. The predicted octanol–water partition coefficient (Wildman–Crippen LogP) is -0.418. The van der Waals surface area contributed by atoms with Crippen molar-refractivity contribution in [3.63, 3.8) is 0 Å². The second-order valence-corrected chi connectivity index (χ2v) is 5.77. The van der Waals surface area contributed by atoms with Crippen molar-refractivity contribution < 1.29 is 22.7 Å². The van der Waals surface area contributed by atoms with E-state index in [1.165, 1.54) is 26.1 Å². The molecule has 1 aromatic carbocycles. The number of benzene rings is 1. The van der Waals surface area contributed by atoms with E-state index in [-0.39, 0.29) is 10.5 Å². The van der Waals surface area contributed by atoms with E-state index in [1.807, 2.05) is 0 Å². The smallest absolute Gasteiger partial charge is 0.241 e. The molecule has 0 heterocycles. The Labute approximate surface area is 122 Å². The van der Waals surface area contributed by atoms with Gasteiger partial charge in [-0.05, 0) is 25.1 Å². The zero-order chi connectivity index (χ0) is 16.0. The molecule has 1 unspecified atom stereocenters. The Morgan fingerprint density at radius 2 is 2.14 bits per heavy atom. The van der Waals surface area contributed by atoms with Crippen molar-refractivity contribution in [3.05, 3.63) is 29.6 Å². The van der Waals surface area contributed by atoms with Gasteiger partial charge in [-0.1, -0.05) is 11.8 Å². The van der Waals surface area contributed by atoms with Crippen molar-refractivity contribution in [2.24, 2.45) is 0 Å². The molecule has 1 rings (SSSR count). The van der Waals surface area contributed by atoms with Crippen LogP contribution < -0.4 is 10.0 Å². The lowest BCUT2D eigenvalue weighted by Crippen LogP contribution is -2.43. The number of sulfonamides is 1. The van der Waals surface area contributed by atoms with Gasteiger partial charge in [0.15, 0.2) is 0 Å². The fraction of sp³-hybridized carbons (Fsp3) is 0.308. The van der Waals surface area contributed by atoms with Crippen LogP contribution in [0.4, 0.5) is 4.39 Å². The van der Waals surface area contributed by atoms with Crippen LogP contribution in [0.1, 0.15) is 12.5 Å². The molecule has 0 aliphatic rings. The minimum absolute atomic E-state index is 0.0256. The number of carbonyl (C=O) groups excluding carboxylic acids is 1. The molecular formula is C13H15FN2O4S. The van der Waals surface area contributed by atoms with E-state index in [1.54, 1.807) is 0 Å². The maximum atomic E-state index is 13.7. The quantitative estimate of drug-likeness (QED) is 0.658. The van der Waals surface area contributed by atoms with Gasteiger partial charge >= 0.3 is 0 Å². The molecule has 0 aliphatic carbocycles. The molecule has 0 radical (unpaired) electrons. The maximum Gasteiger partial charge on any atom is 0.241 e. The maximum absolute atomic E-state index is 13.7. The third kappa shape index (κ3) is 4.53. The molecule has 0 fully saturated rings. The standard InChI is InChI=1S/C13H15FN2O4S/c1-9(13(18)15-2)16-21(19,20)11-6-5-10(4-3-7-17)12(14)8-11/h5-6,8-9,16-17H,7H2,1-2H3,(H,15,18). The van der Waals surface area contributed by atoms with Gasteiger partial charge < -0.3 is 10.4 Å². The summed E-state index contributed by atoms with van der Waals surface area (Å²) in [6.07, 6.45) is 0. The summed E-state index contributed by atoms with van der Waals surface area (Å²) in [6, 6.07) is 2.18. The normalized spacial score (nSPS) is 12.2. The van der Waals surface area contributed by atoms with E-state index in [9.17, 15) is 17.6 Å². The van der Waals surface area contributed by atoms with Gasteiger partial charge in [0.2, 0.25) is 15.9 Å². The van der Waals surface area contributed by atoms with Gasteiger partial charge in [-0.25, -0.2) is 12.8 Å². The minimum atomic E-state index is -4.02. The zero-order valence-corrected chi connectivity index (χ0v) is 12.3. The van der Waals surface area contributed by atoms with Crippen LogP contribution in [0.25, 0.3) is 0 Å². The Bertz CT molecular complexity index is 692. The summed E-state index contributed by atoms with van der Waals surface area (Å²) in [5, 5.41) is 10.8. The average Bonchev–Trinajstić information content (AvgIpc) is 2.44. The van der Waals surface area contributed by atoms with Crippen LogP contribution in [0.15, 0.2) is 23.1 Å². The lowest BCUT2D eigenvalue weighted by atomic mass is 10.2. The Hall–Kier alpha value is -1.95. The first-order chi connectivity index (χ1) is 9.81. The van der Waals surface area contributed by atoms with Crippen molar-refractivity contribution >= 4 is 15.9 Å². The predicted molar refractivity (Wildman–Crippen MR) is 74.2 cm³/mol. The van der Waals surface area contributed by atoms with Crippen LogP contribution in [-0.4, -0.2) is 39.1 Å². The van der Waals surface area contributed by atoms with E-state index in [0.29, 0.717) is 0 Å². The average molecular weight is 314 g/mol. The van der Waals surface area contributed by atoms with Crippen molar-refractivity contribution in [2.45, 2.75) is 17.9 Å². The molecule has 0 spiro atoms. The summed E-state index contributed by atoms with van der Waals surface area (Å²) < 4.78 is 39.9. The number of hydrogen-bond donors (Lipinski definition) is 3. The van der Waals surface area contributed by atoms with E-state index < -0.39 is 34.4 Å². The van der Waals surface area contributed by atoms with Gasteiger partial charge in [-0.3, -0.25) is 4.79 Å². The van der Waals surface area contributed by atoms with E-state index >= 15 is 0 Å². The van der Waals surface area contributed by atoms with Crippen LogP contribution in [0.2, 0.25) is 0 Å². The summed E-state index contributed by atoms with van der Waals surface area (Å²) in [7, 11) is -2.65. The van der Waals surface area contributed by atoms with Gasteiger partial charge in [0.1, 0.15) is 12.4 Å². The van der Waals surface area contributed by atoms with Gasteiger partial charge in [0.25, 0.3) is 0 Å². The van der Waals surface area contributed by atoms with Crippen molar-refractivity contribution in [1.82, 2.24) is 10.0 Å². The number of rotatable bonds is 4. The molecule has 0 saturated carbocycles.